The van der Waals surface area contributed by atoms with Crippen LogP contribution in [0.25, 0.3) is 0 Å². The minimum absolute atomic E-state index is 0.295. The Morgan fingerprint density at radius 3 is 2.42 bits per heavy atom. The molecule has 0 aliphatic rings. The molecule has 0 unspecified atom stereocenters. The first-order valence-electron chi connectivity index (χ1n) is 5.61. The Hall–Kier alpha value is -2.31. The monoisotopic (exact) mass is 269 g/mol. The quantitative estimate of drug-likeness (QED) is 0.628. The molecule has 19 heavy (non-hydrogen) atoms. The molecule has 0 saturated heterocycles. The summed E-state index contributed by atoms with van der Waals surface area (Å²) < 4.78 is 0. The van der Waals surface area contributed by atoms with E-state index < -0.39 is 0 Å². The van der Waals surface area contributed by atoms with Gasteiger partial charge in [-0.05, 0) is 18.2 Å². The third-order valence-corrected chi connectivity index (χ3v) is 2.80. The lowest BCUT2D eigenvalue weighted by Crippen LogP contribution is -1.89. The fraction of sp³-hybridized carbons (Fsp3) is 0.0667. The summed E-state index contributed by atoms with van der Waals surface area (Å²) in [6.07, 6.45) is 2.74. The molecule has 2 rings (SSSR count). The van der Waals surface area contributed by atoms with Crippen LogP contribution < -0.4 is 0 Å². The van der Waals surface area contributed by atoms with Gasteiger partial charge in [-0.3, -0.25) is 0 Å². The number of rotatable bonds is 4. The van der Waals surface area contributed by atoms with Crippen molar-refractivity contribution < 1.29 is 4.84 Å². The van der Waals surface area contributed by atoms with Crippen molar-refractivity contribution in [2.45, 2.75) is 6.61 Å². The molecule has 0 bridgehead atoms. The van der Waals surface area contributed by atoms with Crippen molar-refractivity contribution in [2.24, 2.45) is 5.16 Å². The molecule has 4 heteroatoms. The van der Waals surface area contributed by atoms with Crippen LogP contribution in [0.3, 0.4) is 0 Å². The molecule has 0 saturated carbocycles. The van der Waals surface area contributed by atoms with Gasteiger partial charge < -0.3 is 4.84 Å². The Labute approximate surface area is 116 Å². The molecule has 0 amide bonds. The van der Waals surface area contributed by atoms with Crippen LogP contribution in [0, 0.1) is 11.3 Å². The Morgan fingerprint density at radius 2 is 1.74 bits per heavy atom. The zero-order valence-corrected chi connectivity index (χ0v) is 10.8. The Morgan fingerprint density at radius 1 is 1.05 bits per heavy atom. The predicted molar refractivity (Wildman–Crippen MR) is 73.9 cm³/mol. The first kappa shape index (κ1) is 13.1. The SMILES string of the molecule is N#Cc1ccc(/[C]=N\OCc2ccccc2Cl)cc1. The third kappa shape index (κ3) is 3.84. The smallest absolute Gasteiger partial charge is 0.143 e. The number of hydrogen-bond donors (Lipinski definition) is 0. The van der Waals surface area contributed by atoms with Crippen molar-refractivity contribution >= 4 is 17.8 Å². The molecular weight excluding hydrogens is 260 g/mol. The molecule has 0 spiro atoms. The van der Waals surface area contributed by atoms with E-state index in [0.717, 1.165) is 11.1 Å². The van der Waals surface area contributed by atoms with Gasteiger partial charge in [0.05, 0.1) is 11.6 Å². The fourth-order valence-corrected chi connectivity index (χ4v) is 1.61. The number of benzene rings is 2. The summed E-state index contributed by atoms with van der Waals surface area (Å²) in [4.78, 5) is 5.13. The highest BCUT2D eigenvalue weighted by molar-refractivity contribution is 6.31. The van der Waals surface area contributed by atoms with Gasteiger partial charge in [-0.1, -0.05) is 47.1 Å². The van der Waals surface area contributed by atoms with Gasteiger partial charge in [0, 0.05) is 16.1 Å². The fourth-order valence-electron chi connectivity index (χ4n) is 1.42. The number of nitriles is 1. The largest absolute Gasteiger partial charge is 0.390 e. The van der Waals surface area contributed by atoms with E-state index in [0.29, 0.717) is 17.2 Å². The van der Waals surface area contributed by atoms with E-state index in [1.165, 1.54) is 0 Å². The highest BCUT2D eigenvalue weighted by Gasteiger charge is 1.98. The van der Waals surface area contributed by atoms with E-state index in [1.807, 2.05) is 24.3 Å². The maximum Gasteiger partial charge on any atom is 0.143 e. The third-order valence-electron chi connectivity index (χ3n) is 2.43. The second-order valence-electron chi connectivity index (χ2n) is 3.76. The highest BCUT2D eigenvalue weighted by atomic mass is 35.5. The summed E-state index contributed by atoms with van der Waals surface area (Å²) in [6.45, 7) is 0.295. The maximum atomic E-state index is 8.66. The van der Waals surface area contributed by atoms with Crippen molar-refractivity contribution in [1.82, 2.24) is 0 Å². The van der Waals surface area contributed by atoms with E-state index in [4.69, 9.17) is 21.7 Å². The van der Waals surface area contributed by atoms with E-state index in [-0.39, 0.29) is 0 Å². The van der Waals surface area contributed by atoms with Gasteiger partial charge in [-0.2, -0.15) is 5.26 Å². The molecule has 0 aliphatic carbocycles. The zero-order valence-electron chi connectivity index (χ0n) is 10.0. The topological polar surface area (TPSA) is 45.4 Å². The molecule has 3 nitrogen and oxygen atoms in total. The van der Waals surface area contributed by atoms with Crippen LogP contribution in [0.5, 0.6) is 0 Å². The standard InChI is InChI=1S/C15H10ClN2O/c16-15-4-2-1-3-14(15)11-19-18-10-13-7-5-12(9-17)6-8-13/h1-8H,11H2. The first-order chi connectivity index (χ1) is 9.29. The summed E-state index contributed by atoms with van der Waals surface area (Å²) in [5.74, 6) is 0. The lowest BCUT2D eigenvalue weighted by Gasteiger charge is -2.01. The highest BCUT2D eigenvalue weighted by Crippen LogP contribution is 2.15. The van der Waals surface area contributed by atoms with Crippen molar-refractivity contribution in [3.05, 3.63) is 70.2 Å². The maximum absolute atomic E-state index is 8.66. The molecule has 0 fully saturated rings. The molecule has 2 aromatic carbocycles. The van der Waals surface area contributed by atoms with Crippen molar-refractivity contribution in [3.8, 4) is 6.07 Å². The molecule has 0 aromatic heterocycles. The van der Waals surface area contributed by atoms with Gasteiger partial charge in [0.15, 0.2) is 0 Å². The zero-order chi connectivity index (χ0) is 13.5. The summed E-state index contributed by atoms with van der Waals surface area (Å²) >= 11 is 5.98. The molecule has 0 heterocycles. The average Bonchev–Trinajstić information content (AvgIpc) is 2.46. The second-order valence-corrected chi connectivity index (χ2v) is 4.16. The Kier molecular flexibility index (Phi) is 4.54. The van der Waals surface area contributed by atoms with Gasteiger partial charge in [-0.15, -0.1) is 0 Å². The molecule has 1 radical (unpaired) electrons. The summed E-state index contributed by atoms with van der Waals surface area (Å²) in [5, 5.41) is 13.1. The van der Waals surface area contributed by atoms with Crippen LogP contribution in [0.4, 0.5) is 0 Å². The van der Waals surface area contributed by atoms with E-state index in [1.54, 1.807) is 30.3 Å². The van der Waals surface area contributed by atoms with E-state index in [2.05, 4.69) is 11.4 Å². The first-order valence-corrected chi connectivity index (χ1v) is 5.99. The summed E-state index contributed by atoms with van der Waals surface area (Å²) in [5.41, 5.74) is 2.22. The van der Waals surface area contributed by atoms with Gasteiger partial charge >= 0.3 is 0 Å². The molecule has 0 aliphatic heterocycles. The second kappa shape index (κ2) is 6.58. The number of halogens is 1. The van der Waals surface area contributed by atoms with E-state index >= 15 is 0 Å². The minimum atomic E-state index is 0.295. The Balaban J connectivity index is 1.90. The van der Waals surface area contributed by atoms with Gasteiger partial charge in [0.25, 0.3) is 0 Å². The Bertz CT molecular complexity index is 615. The van der Waals surface area contributed by atoms with Gasteiger partial charge in [-0.25, -0.2) is 0 Å². The average molecular weight is 270 g/mol. The molecular formula is C15H10ClN2O. The molecule has 0 atom stereocenters. The van der Waals surface area contributed by atoms with Gasteiger partial charge in [0.1, 0.15) is 12.8 Å². The number of nitrogens with zero attached hydrogens (tertiary/aromatic N) is 2. The number of hydrogen-bond acceptors (Lipinski definition) is 3. The van der Waals surface area contributed by atoms with Crippen LogP contribution in [0.2, 0.25) is 5.02 Å². The lowest BCUT2D eigenvalue weighted by atomic mass is 10.2. The van der Waals surface area contributed by atoms with Crippen molar-refractivity contribution in [3.63, 3.8) is 0 Å². The van der Waals surface area contributed by atoms with Crippen molar-refractivity contribution in [2.75, 3.05) is 0 Å². The van der Waals surface area contributed by atoms with Crippen molar-refractivity contribution in [1.29, 1.82) is 5.26 Å². The predicted octanol–water partition coefficient (Wildman–Crippen LogP) is 3.64. The van der Waals surface area contributed by atoms with Crippen LogP contribution in [0.15, 0.2) is 53.7 Å². The summed E-state index contributed by atoms with van der Waals surface area (Å²) in [6, 6.07) is 16.4. The minimum Gasteiger partial charge on any atom is -0.390 e. The van der Waals surface area contributed by atoms with Gasteiger partial charge in [0.2, 0.25) is 0 Å². The molecule has 2 aromatic rings. The van der Waals surface area contributed by atoms with Crippen LogP contribution in [0.1, 0.15) is 16.7 Å². The molecule has 93 valence electrons. The molecule has 0 N–H and O–H groups in total. The van der Waals surface area contributed by atoms with E-state index in [9.17, 15) is 0 Å². The summed E-state index contributed by atoms with van der Waals surface area (Å²) in [7, 11) is 0. The normalized spacial score (nSPS) is 10.3. The lowest BCUT2D eigenvalue weighted by molar-refractivity contribution is 0.132. The van der Waals surface area contributed by atoms with Crippen LogP contribution in [-0.4, -0.2) is 6.21 Å². The van der Waals surface area contributed by atoms with Crippen LogP contribution in [-0.2, 0) is 11.4 Å². The van der Waals surface area contributed by atoms with Crippen LogP contribution >= 0.6 is 11.6 Å².